The molecule has 0 radical (unpaired) electrons. The van der Waals surface area contributed by atoms with Crippen LogP contribution < -0.4 is 0 Å². The molecule has 0 amide bonds. The Kier molecular flexibility index (Phi) is 10.1. The summed E-state index contributed by atoms with van der Waals surface area (Å²) in [5, 5.41) is 24.9. The van der Waals surface area contributed by atoms with Crippen molar-refractivity contribution < 1.29 is 29.6 Å². The number of ether oxygens (including phenoxy) is 1. The Morgan fingerprint density at radius 1 is 1.35 bits per heavy atom. The number of hydrogen-bond acceptors (Lipinski definition) is 5. The summed E-state index contributed by atoms with van der Waals surface area (Å²) in [5.74, 6) is -1.71. The van der Waals surface area contributed by atoms with Crippen LogP contribution in [0.4, 0.5) is 0 Å². The number of aliphatic carboxylic acids is 2. The van der Waals surface area contributed by atoms with Crippen LogP contribution in [-0.2, 0) is 14.3 Å². The first-order valence-electron chi connectivity index (χ1n) is 5.05. The van der Waals surface area contributed by atoms with E-state index in [1.165, 1.54) is 0 Å². The van der Waals surface area contributed by atoms with Crippen LogP contribution in [0, 0.1) is 5.41 Å². The number of rotatable bonds is 6. The Morgan fingerprint density at radius 2 is 1.82 bits per heavy atom. The van der Waals surface area contributed by atoms with E-state index in [2.05, 4.69) is 17.4 Å². The predicted molar refractivity (Wildman–Crippen MR) is 65.2 cm³/mol. The van der Waals surface area contributed by atoms with Crippen LogP contribution in [0.1, 0.15) is 27.2 Å². The molecule has 0 aliphatic heterocycles. The molecule has 0 bridgehead atoms. The first kappa shape index (κ1) is 18.6. The van der Waals surface area contributed by atoms with Crippen LogP contribution >= 0.6 is 12.6 Å². The van der Waals surface area contributed by atoms with Gasteiger partial charge in [-0.1, -0.05) is 6.92 Å². The maximum atomic E-state index is 10.3. The van der Waals surface area contributed by atoms with E-state index in [1.54, 1.807) is 13.8 Å². The molecule has 0 aliphatic rings. The van der Waals surface area contributed by atoms with Gasteiger partial charge in [0.2, 0.25) is 0 Å². The maximum absolute atomic E-state index is 10.3. The minimum absolute atomic E-state index is 0.135. The average Bonchev–Trinajstić information content (AvgIpc) is 2.26. The van der Waals surface area contributed by atoms with Gasteiger partial charge in [0.15, 0.2) is 0 Å². The van der Waals surface area contributed by atoms with Gasteiger partial charge in [-0.3, -0.25) is 4.79 Å². The Morgan fingerprint density at radius 3 is 2.00 bits per heavy atom. The molecule has 6 nitrogen and oxygen atoms in total. The lowest BCUT2D eigenvalue weighted by Gasteiger charge is -2.14. The predicted octanol–water partition coefficient (Wildman–Crippen LogP) is 0.843. The molecule has 0 aromatic carbocycles. The van der Waals surface area contributed by atoms with Crippen LogP contribution in [0.3, 0.4) is 0 Å². The molecule has 0 aromatic rings. The molecule has 3 N–H and O–H groups in total. The largest absolute Gasteiger partial charge is 0.481 e. The second kappa shape index (κ2) is 9.26. The van der Waals surface area contributed by atoms with Gasteiger partial charge in [0, 0.05) is 5.75 Å². The van der Waals surface area contributed by atoms with Crippen molar-refractivity contribution in [3.63, 3.8) is 0 Å². The van der Waals surface area contributed by atoms with Gasteiger partial charge in [-0.05, 0) is 20.3 Å². The Labute approximate surface area is 106 Å². The zero-order valence-electron chi connectivity index (χ0n) is 10.2. The maximum Gasteiger partial charge on any atom is 0.360 e. The molecule has 1 atom stereocenters. The van der Waals surface area contributed by atoms with Crippen molar-refractivity contribution in [2.24, 2.45) is 5.41 Å². The van der Waals surface area contributed by atoms with Crippen molar-refractivity contribution in [3.05, 3.63) is 0 Å². The quantitative estimate of drug-likeness (QED) is 0.420. The van der Waals surface area contributed by atoms with Crippen molar-refractivity contribution in [2.75, 3.05) is 12.4 Å². The second-order valence-corrected chi connectivity index (χ2v) is 4.27. The molecule has 1 unspecified atom stereocenters. The summed E-state index contributed by atoms with van der Waals surface area (Å²) in [6, 6.07) is 0. The lowest BCUT2D eigenvalue weighted by atomic mass is 9.91. The van der Waals surface area contributed by atoms with Crippen molar-refractivity contribution >= 4 is 24.6 Å². The Bertz CT molecular complexity index is 241. The van der Waals surface area contributed by atoms with Gasteiger partial charge in [0.05, 0.1) is 12.0 Å². The number of thiol groups is 1. The van der Waals surface area contributed by atoms with Gasteiger partial charge in [-0.15, -0.1) is 0 Å². The Balaban J connectivity index is 0. The number of hydrogen-bond donors (Lipinski definition) is 4. The normalized spacial score (nSPS) is 12.3. The first-order valence-corrected chi connectivity index (χ1v) is 5.69. The minimum Gasteiger partial charge on any atom is -0.481 e. The fraction of sp³-hybridized carbons (Fsp3) is 0.800. The van der Waals surface area contributed by atoms with E-state index < -0.39 is 23.6 Å². The minimum atomic E-state index is -1.71. The summed E-state index contributed by atoms with van der Waals surface area (Å²) in [4.78, 5) is 20.1. The van der Waals surface area contributed by atoms with E-state index in [9.17, 15) is 9.59 Å². The molecule has 17 heavy (non-hydrogen) atoms. The van der Waals surface area contributed by atoms with Crippen molar-refractivity contribution in [1.82, 2.24) is 0 Å². The fourth-order valence-corrected chi connectivity index (χ4v) is 0.492. The van der Waals surface area contributed by atoms with Gasteiger partial charge < -0.3 is 20.1 Å². The monoisotopic (exact) mass is 268 g/mol. The number of carboxylic acid groups (broad SMARTS) is 2. The number of aliphatic hydroxyl groups excluding tert-OH is 1. The van der Waals surface area contributed by atoms with Gasteiger partial charge in [-0.25, -0.2) is 4.79 Å². The summed E-state index contributed by atoms with van der Waals surface area (Å²) >= 11 is 3.73. The summed E-state index contributed by atoms with van der Waals surface area (Å²) in [7, 11) is 0. The lowest BCUT2D eigenvalue weighted by Crippen LogP contribution is -2.23. The summed E-state index contributed by atoms with van der Waals surface area (Å²) in [6.07, 6.45) is -1.03. The first-order chi connectivity index (χ1) is 7.68. The highest BCUT2D eigenvalue weighted by Gasteiger charge is 2.23. The van der Waals surface area contributed by atoms with E-state index >= 15 is 0 Å². The molecule has 102 valence electrons. The third-order valence-corrected chi connectivity index (χ3v) is 2.22. The highest BCUT2D eigenvalue weighted by molar-refractivity contribution is 7.80. The molecule has 0 saturated heterocycles. The van der Waals surface area contributed by atoms with Crippen LogP contribution in [0.25, 0.3) is 0 Å². The molecular formula is C10H20O6S. The smallest absolute Gasteiger partial charge is 0.360 e. The third kappa shape index (κ3) is 10.1. The number of carbonyl (C=O) groups is 2. The van der Waals surface area contributed by atoms with Gasteiger partial charge in [-0.2, -0.15) is 12.6 Å². The fourth-order valence-electron chi connectivity index (χ4n) is 0.387. The topological polar surface area (TPSA) is 104 Å². The molecule has 0 heterocycles. The molecule has 0 aliphatic carbocycles. The number of carboxylic acids is 2. The van der Waals surface area contributed by atoms with Crippen molar-refractivity contribution in [3.8, 4) is 0 Å². The lowest BCUT2D eigenvalue weighted by molar-refractivity contribution is -0.175. The highest BCUT2D eigenvalue weighted by Crippen LogP contribution is 2.18. The van der Waals surface area contributed by atoms with E-state index in [4.69, 9.17) is 15.3 Å². The van der Waals surface area contributed by atoms with E-state index in [1.807, 2.05) is 6.92 Å². The molecular weight excluding hydrogens is 248 g/mol. The average molecular weight is 268 g/mol. The highest BCUT2D eigenvalue weighted by atomic mass is 32.1. The van der Waals surface area contributed by atoms with Crippen molar-refractivity contribution in [2.45, 2.75) is 33.5 Å². The van der Waals surface area contributed by atoms with Gasteiger partial charge >= 0.3 is 11.9 Å². The summed E-state index contributed by atoms with van der Waals surface area (Å²) in [5.41, 5.74) is -0.542. The van der Waals surface area contributed by atoms with E-state index in [0.717, 1.165) is 0 Å². The van der Waals surface area contributed by atoms with Crippen LogP contribution in [0.2, 0.25) is 0 Å². The standard InChI is InChI=1S/C6H12O2.C4H8O4S/c1-4-6(2,3)5(7)8;5-3(6)4(7)8-1-2-9/h4H2,1-3H3,(H,7,8);4,7,9H,1-2H2,(H,5,6). The van der Waals surface area contributed by atoms with Crippen molar-refractivity contribution in [1.29, 1.82) is 0 Å². The van der Waals surface area contributed by atoms with Crippen LogP contribution in [0.5, 0.6) is 0 Å². The van der Waals surface area contributed by atoms with Gasteiger partial charge in [0.25, 0.3) is 6.29 Å². The molecule has 0 saturated carbocycles. The number of aliphatic hydroxyl groups is 1. The zero-order valence-corrected chi connectivity index (χ0v) is 11.1. The SMILES string of the molecule is CCC(C)(C)C(=O)O.O=C(O)C(O)OCCS. The molecule has 0 rings (SSSR count). The summed E-state index contributed by atoms with van der Waals surface area (Å²) < 4.78 is 4.33. The van der Waals surface area contributed by atoms with E-state index in [0.29, 0.717) is 12.2 Å². The molecule has 0 aromatic heterocycles. The van der Waals surface area contributed by atoms with E-state index in [-0.39, 0.29) is 6.61 Å². The Hall–Kier alpha value is -0.790. The molecule has 7 heteroatoms. The zero-order chi connectivity index (χ0) is 14.1. The molecule has 0 fully saturated rings. The van der Waals surface area contributed by atoms with Crippen LogP contribution in [0.15, 0.2) is 0 Å². The van der Waals surface area contributed by atoms with Gasteiger partial charge in [0.1, 0.15) is 0 Å². The molecule has 0 spiro atoms. The summed E-state index contributed by atoms with van der Waals surface area (Å²) in [6.45, 7) is 5.44. The second-order valence-electron chi connectivity index (χ2n) is 3.83. The van der Waals surface area contributed by atoms with Crippen LogP contribution in [-0.4, -0.2) is 45.9 Å². The third-order valence-electron chi connectivity index (χ3n) is 2.04.